The largest absolute Gasteiger partial charge is 0.494 e. The van der Waals surface area contributed by atoms with Crippen LogP contribution in [0.15, 0.2) is 77.7 Å². The molecule has 0 radical (unpaired) electrons. The van der Waals surface area contributed by atoms with Gasteiger partial charge in [0.05, 0.1) is 27.2 Å². The predicted octanol–water partition coefficient (Wildman–Crippen LogP) is 5.53. The van der Waals surface area contributed by atoms with E-state index >= 15 is 0 Å². The minimum absolute atomic E-state index is 0.00533. The van der Waals surface area contributed by atoms with E-state index in [2.05, 4.69) is 5.32 Å². The van der Waals surface area contributed by atoms with Crippen molar-refractivity contribution >= 4 is 50.7 Å². The number of halogens is 2. The van der Waals surface area contributed by atoms with Crippen molar-refractivity contribution in [3.05, 3.63) is 88.4 Å². The van der Waals surface area contributed by atoms with Crippen molar-refractivity contribution in [3.8, 4) is 5.75 Å². The summed E-state index contributed by atoms with van der Waals surface area (Å²) in [7, 11) is -4.17. The quantitative estimate of drug-likeness (QED) is 0.293. The predicted molar refractivity (Wildman–Crippen MR) is 158 cm³/mol. The molecule has 0 aliphatic heterocycles. The van der Waals surface area contributed by atoms with E-state index in [0.29, 0.717) is 33.7 Å². The van der Waals surface area contributed by atoms with E-state index < -0.39 is 28.5 Å². The van der Waals surface area contributed by atoms with E-state index in [1.54, 1.807) is 67.6 Å². The molecule has 1 atom stereocenters. The minimum Gasteiger partial charge on any atom is -0.494 e. The summed E-state index contributed by atoms with van der Waals surface area (Å²) >= 11 is 12.3. The average Bonchev–Trinajstić information content (AvgIpc) is 2.92. The Kier molecular flexibility index (Phi) is 10.8. The van der Waals surface area contributed by atoms with Crippen molar-refractivity contribution in [3.63, 3.8) is 0 Å². The van der Waals surface area contributed by atoms with Crippen molar-refractivity contribution in [2.24, 2.45) is 0 Å². The van der Waals surface area contributed by atoms with Crippen LogP contribution >= 0.6 is 23.2 Å². The van der Waals surface area contributed by atoms with Crippen molar-refractivity contribution < 1.29 is 22.7 Å². The molecule has 0 aliphatic carbocycles. The van der Waals surface area contributed by atoms with Crippen molar-refractivity contribution in [2.75, 3.05) is 17.5 Å². The lowest BCUT2D eigenvalue weighted by Gasteiger charge is -2.32. The average molecular weight is 607 g/mol. The molecule has 0 saturated heterocycles. The highest BCUT2D eigenvalue weighted by atomic mass is 35.5. The van der Waals surface area contributed by atoms with Gasteiger partial charge < -0.3 is 15.0 Å². The second-order valence-corrected chi connectivity index (χ2v) is 12.0. The lowest BCUT2D eigenvalue weighted by atomic mass is 10.1. The number of nitrogens with zero attached hydrogens (tertiary/aromatic N) is 2. The van der Waals surface area contributed by atoms with Gasteiger partial charge in [-0.1, -0.05) is 47.5 Å². The first kappa shape index (κ1) is 31.3. The molecule has 1 N–H and O–H groups in total. The Hall–Kier alpha value is -3.27. The number of amides is 2. The number of para-hydroxylation sites is 1. The number of anilines is 1. The van der Waals surface area contributed by atoms with E-state index in [9.17, 15) is 18.0 Å². The van der Waals surface area contributed by atoms with E-state index in [-0.39, 0.29) is 23.4 Å². The lowest BCUT2D eigenvalue weighted by Crippen LogP contribution is -2.52. The van der Waals surface area contributed by atoms with Crippen LogP contribution in [0.25, 0.3) is 0 Å². The number of carbonyl (C=O) groups is 2. The Morgan fingerprint density at radius 2 is 1.57 bits per heavy atom. The molecule has 3 aromatic carbocycles. The maximum Gasteiger partial charge on any atom is 0.264 e. The number of hydrogen-bond acceptors (Lipinski definition) is 5. The van der Waals surface area contributed by atoms with Gasteiger partial charge in [-0.3, -0.25) is 13.9 Å². The summed E-state index contributed by atoms with van der Waals surface area (Å²) in [5, 5.41) is 3.47. The Balaban J connectivity index is 2.01. The van der Waals surface area contributed by atoms with Crippen LogP contribution in [-0.2, 0) is 26.2 Å². The summed E-state index contributed by atoms with van der Waals surface area (Å²) in [5.74, 6) is -0.415. The summed E-state index contributed by atoms with van der Waals surface area (Å²) in [6, 6.07) is 18.2. The summed E-state index contributed by atoms with van der Waals surface area (Å²) in [6.07, 6.45) is 0. The third kappa shape index (κ3) is 7.90. The molecule has 0 heterocycles. The third-order valence-electron chi connectivity index (χ3n) is 5.98. The Labute approximate surface area is 245 Å². The summed E-state index contributed by atoms with van der Waals surface area (Å²) in [5.41, 5.74) is 0.936. The summed E-state index contributed by atoms with van der Waals surface area (Å²) < 4.78 is 34.2. The molecule has 8 nitrogen and oxygen atoms in total. The summed E-state index contributed by atoms with van der Waals surface area (Å²) in [6.45, 7) is 6.97. The maximum atomic E-state index is 13.9. The molecular formula is C29H33Cl2N3O5S. The standard InChI is InChI=1S/C29H33Cl2N3O5S/c1-5-39-24-12-14-25(15-13-24)40(37,38)34(23-9-7-6-8-10-23)19-28(35)33(21(4)29(36)32-20(2)3)18-22-11-16-26(30)27(31)17-22/h6-17,20-21H,5,18-19H2,1-4H3,(H,32,36). The van der Waals surface area contributed by atoms with Crippen LogP contribution in [0.1, 0.15) is 33.3 Å². The van der Waals surface area contributed by atoms with Gasteiger partial charge in [-0.05, 0) is 81.8 Å². The fourth-order valence-corrected chi connectivity index (χ4v) is 5.68. The van der Waals surface area contributed by atoms with Crippen LogP contribution in [0, 0.1) is 0 Å². The zero-order chi connectivity index (χ0) is 29.4. The number of sulfonamides is 1. The molecule has 40 heavy (non-hydrogen) atoms. The second-order valence-electron chi connectivity index (χ2n) is 9.36. The van der Waals surface area contributed by atoms with Gasteiger partial charge in [-0.15, -0.1) is 0 Å². The number of rotatable bonds is 12. The topological polar surface area (TPSA) is 96.0 Å². The molecule has 214 valence electrons. The molecule has 0 fully saturated rings. The summed E-state index contributed by atoms with van der Waals surface area (Å²) in [4.78, 5) is 28.2. The Morgan fingerprint density at radius 3 is 2.15 bits per heavy atom. The molecular weight excluding hydrogens is 573 g/mol. The molecule has 1 unspecified atom stereocenters. The number of carbonyl (C=O) groups excluding carboxylic acids is 2. The highest BCUT2D eigenvalue weighted by Gasteiger charge is 2.32. The zero-order valence-corrected chi connectivity index (χ0v) is 25.1. The Morgan fingerprint density at radius 1 is 0.925 bits per heavy atom. The maximum absolute atomic E-state index is 13.9. The van der Waals surface area contributed by atoms with Crippen LogP contribution < -0.4 is 14.4 Å². The number of nitrogens with one attached hydrogen (secondary N) is 1. The molecule has 2 amide bonds. The van der Waals surface area contributed by atoms with E-state index in [1.165, 1.54) is 17.0 Å². The third-order valence-corrected chi connectivity index (χ3v) is 8.51. The van der Waals surface area contributed by atoms with E-state index in [0.717, 1.165) is 4.31 Å². The highest BCUT2D eigenvalue weighted by molar-refractivity contribution is 7.92. The van der Waals surface area contributed by atoms with Gasteiger partial charge in [0.1, 0.15) is 18.3 Å². The Bertz CT molecular complexity index is 1420. The second kappa shape index (κ2) is 13.9. The van der Waals surface area contributed by atoms with Gasteiger partial charge in [-0.25, -0.2) is 8.42 Å². The van der Waals surface area contributed by atoms with Crippen LogP contribution in [0.3, 0.4) is 0 Å². The fraction of sp³-hybridized carbons (Fsp3) is 0.310. The van der Waals surface area contributed by atoms with Gasteiger partial charge in [0.25, 0.3) is 10.0 Å². The first-order chi connectivity index (χ1) is 18.9. The van der Waals surface area contributed by atoms with Gasteiger partial charge >= 0.3 is 0 Å². The molecule has 3 rings (SSSR count). The lowest BCUT2D eigenvalue weighted by molar-refractivity contribution is -0.139. The normalized spacial score (nSPS) is 12.1. The van der Waals surface area contributed by atoms with Crippen molar-refractivity contribution in [1.29, 1.82) is 0 Å². The molecule has 0 saturated carbocycles. The van der Waals surface area contributed by atoms with E-state index in [1.807, 2.05) is 20.8 Å². The molecule has 0 bridgehead atoms. The van der Waals surface area contributed by atoms with Crippen LogP contribution in [0.4, 0.5) is 5.69 Å². The molecule has 0 spiro atoms. The first-order valence-corrected chi connectivity index (χ1v) is 15.0. The SMILES string of the molecule is CCOc1ccc(S(=O)(=O)N(CC(=O)N(Cc2ccc(Cl)c(Cl)c2)C(C)C(=O)NC(C)C)c2ccccc2)cc1. The number of hydrogen-bond donors (Lipinski definition) is 1. The smallest absolute Gasteiger partial charge is 0.264 e. The number of benzene rings is 3. The van der Waals surface area contributed by atoms with Crippen LogP contribution in [0.5, 0.6) is 5.75 Å². The molecule has 3 aromatic rings. The van der Waals surface area contributed by atoms with Gasteiger partial charge in [0.2, 0.25) is 11.8 Å². The fourth-order valence-electron chi connectivity index (χ4n) is 3.95. The minimum atomic E-state index is -4.17. The molecule has 11 heteroatoms. The van der Waals surface area contributed by atoms with Crippen molar-refractivity contribution in [2.45, 2.75) is 51.2 Å². The first-order valence-electron chi connectivity index (χ1n) is 12.8. The monoisotopic (exact) mass is 605 g/mol. The molecule has 0 aromatic heterocycles. The van der Waals surface area contributed by atoms with Crippen molar-refractivity contribution in [1.82, 2.24) is 10.2 Å². The van der Waals surface area contributed by atoms with Gasteiger partial charge in [0, 0.05) is 12.6 Å². The zero-order valence-electron chi connectivity index (χ0n) is 22.8. The molecule has 0 aliphatic rings. The van der Waals surface area contributed by atoms with Gasteiger partial charge in [0.15, 0.2) is 0 Å². The van der Waals surface area contributed by atoms with Crippen LogP contribution in [0.2, 0.25) is 10.0 Å². The van der Waals surface area contributed by atoms with Gasteiger partial charge in [-0.2, -0.15) is 0 Å². The number of ether oxygens (including phenoxy) is 1. The van der Waals surface area contributed by atoms with Crippen LogP contribution in [-0.4, -0.2) is 50.4 Å². The highest BCUT2D eigenvalue weighted by Crippen LogP contribution is 2.27. The van der Waals surface area contributed by atoms with E-state index in [4.69, 9.17) is 27.9 Å².